The highest BCUT2D eigenvalue weighted by molar-refractivity contribution is 5.55. The number of nitrogens with one attached hydrogen (secondary N) is 2. The molecule has 0 aliphatic heterocycles. The molecule has 0 radical (unpaired) electrons. The smallest absolute Gasteiger partial charge is 0.229 e. The summed E-state index contributed by atoms with van der Waals surface area (Å²) in [6.07, 6.45) is 0. The van der Waals surface area contributed by atoms with E-state index in [4.69, 9.17) is 0 Å². The number of rotatable bonds is 5. The van der Waals surface area contributed by atoms with Crippen molar-refractivity contribution in [1.82, 2.24) is 9.97 Å². The van der Waals surface area contributed by atoms with Gasteiger partial charge in [0.2, 0.25) is 5.95 Å². The van der Waals surface area contributed by atoms with Gasteiger partial charge in [0.1, 0.15) is 17.5 Å². The molecule has 24 heavy (non-hydrogen) atoms. The van der Waals surface area contributed by atoms with E-state index in [1.54, 1.807) is 24.3 Å². The minimum Gasteiger partial charge on any atom is -0.366 e. The molecule has 122 valence electrons. The minimum atomic E-state index is -0.299. The van der Waals surface area contributed by atoms with Gasteiger partial charge in [0.15, 0.2) is 0 Å². The van der Waals surface area contributed by atoms with Gasteiger partial charge in [0.05, 0.1) is 0 Å². The zero-order valence-electron chi connectivity index (χ0n) is 13.1. The molecular weight excluding hydrogens is 310 g/mol. The zero-order valence-corrected chi connectivity index (χ0v) is 13.1. The van der Waals surface area contributed by atoms with Crippen LogP contribution in [0.4, 0.5) is 26.2 Å². The van der Waals surface area contributed by atoms with E-state index in [2.05, 4.69) is 20.6 Å². The van der Waals surface area contributed by atoms with E-state index in [0.29, 0.717) is 24.0 Å². The number of nitrogens with zero attached hydrogens (tertiary/aromatic N) is 2. The van der Waals surface area contributed by atoms with Gasteiger partial charge in [-0.1, -0.05) is 12.1 Å². The number of anilines is 3. The number of halogens is 2. The summed E-state index contributed by atoms with van der Waals surface area (Å²) in [4.78, 5) is 8.70. The Morgan fingerprint density at radius 1 is 0.875 bits per heavy atom. The van der Waals surface area contributed by atoms with Crippen molar-refractivity contribution >= 4 is 17.5 Å². The molecular formula is C18H16F2N4. The highest BCUT2D eigenvalue weighted by Crippen LogP contribution is 2.17. The molecule has 1 aromatic heterocycles. The summed E-state index contributed by atoms with van der Waals surface area (Å²) in [6.45, 7) is 2.38. The molecule has 0 aliphatic rings. The summed E-state index contributed by atoms with van der Waals surface area (Å²) in [5.74, 6) is 0.509. The minimum absolute atomic E-state index is 0.262. The quantitative estimate of drug-likeness (QED) is 0.729. The van der Waals surface area contributed by atoms with Crippen LogP contribution in [0.3, 0.4) is 0 Å². The van der Waals surface area contributed by atoms with Gasteiger partial charge in [-0.2, -0.15) is 4.98 Å². The Labute approximate surface area is 138 Å². The van der Waals surface area contributed by atoms with Gasteiger partial charge >= 0.3 is 0 Å². The van der Waals surface area contributed by atoms with Gasteiger partial charge in [-0.25, -0.2) is 13.8 Å². The molecule has 0 saturated heterocycles. The van der Waals surface area contributed by atoms with E-state index in [0.717, 1.165) is 11.3 Å². The summed E-state index contributed by atoms with van der Waals surface area (Å²) in [5.41, 5.74) is 2.43. The van der Waals surface area contributed by atoms with E-state index in [1.807, 2.05) is 13.0 Å². The monoisotopic (exact) mass is 326 g/mol. The van der Waals surface area contributed by atoms with Crippen molar-refractivity contribution in [3.8, 4) is 0 Å². The van der Waals surface area contributed by atoms with Crippen LogP contribution in [0.2, 0.25) is 0 Å². The third-order valence-corrected chi connectivity index (χ3v) is 3.34. The fourth-order valence-corrected chi connectivity index (χ4v) is 2.17. The van der Waals surface area contributed by atoms with E-state index in [1.165, 1.54) is 24.3 Å². The Morgan fingerprint density at radius 3 is 2.17 bits per heavy atom. The van der Waals surface area contributed by atoms with Crippen molar-refractivity contribution in [2.45, 2.75) is 13.5 Å². The molecule has 0 aliphatic carbocycles. The number of aryl methyl sites for hydroxylation is 1. The maximum atomic E-state index is 12.9. The molecule has 3 aromatic rings. The van der Waals surface area contributed by atoms with Crippen LogP contribution in [0.1, 0.15) is 11.3 Å². The molecule has 0 bridgehead atoms. The van der Waals surface area contributed by atoms with Gasteiger partial charge in [-0.3, -0.25) is 0 Å². The standard InChI is InChI=1S/C18H16F2N4/c1-12-10-17(21-11-13-2-4-14(19)5-3-13)24-18(22-12)23-16-8-6-15(20)7-9-16/h2-10H,11H2,1H3,(H2,21,22,23,24). The summed E-state index contributed by atoms with van der Waals surface area (Å²) < 4.78 is 25.9. The molecule has 3 rings (SSSR count). The fourth-order valence-electron chi connectivity index (χ4n) is 2.17. The zero-order chi connectivity index (χ0) is 16.9. The van der Waals surface area contributed by atoms with Gasteiger partial charge in [0.25, 0.3) is 0 Å². The first-order valence-corrected chi connectivity index (χ1v) is 7.45. The Morgan fingerprint density at radius 2 is 1.50 bits per heavy atom. The fraction of sp³-hybridized carbons (Fsp3) is 0.111. The lowest BCUT2D eigenvalue weighted by molar-refractivity contribution is 0.627. The Bertz CT molecular complexity index is 817. The SMILES string of the molecule is Cc1cc(NCc2ccc(F)cc2)nc(Nc2ccc(F)cc2)n1. The molecule has 0 amide bonds. The molecule has 0 spiro atoms. The molecule has 1 heterocycles. The van der Waals surface area contributed by atoms with Crippen molar-refractivity contribution in [2.24, 2.45) is 0 Å². The molecule has 2 aromatic carbocycles. The van der Waals surface area contributed by atoms with Crippen LogP contribution >= 0.6 is 0 Å². The van der Waals surface area contributed by atoms with Crippen LogP contribution in [0, 0.1) is 18.6 Å². The first kappa shape index (κ1) is 15.9. The predicted molar refractivity (Wildman–Crippen MR) is 90.2 cm³/mol. The maximum absolute atomic E-state index is 12.9. The maximum Gasteiger partial charge on any atom is 0.229 e. The average Bonchev–Trinajstić information content (AvgIpc) is 2.56. The second-order valence-electron chi connectivity index (χ2n) is 5.33. The van der Waals surface area contributed by atoms with Crippen LogP contribution in [-0.2, 0) is 6.54 Å². The van der Waals surface area contributed by atoms with E-state index >= 15 is 0 Å². The molecule has 0 unspecified atom stereocenters. The highest BCUT2D eigenvalue weighted by atomic mass is 19.1. The third-order valence-electron chi connectivity index (χ3n) is 3.34. The topological polar surface area (TPSA) is 49.8 Å². The lowest BCUT2D eigenvalue weighted by atomic mass is 10.2. The Hall–Kier alpha value is -3.02. The first-order chi connectivity index (χ1) is 11.6. The van der Waals surface area contributed by atoms with Crippen molar-refractivity contribution in [3.05, 3.63) is 77.5 Å². The Kier molecular flexibility index (Phi) is 4.65. The number of benzene rings is 2. The van der Waals surface area contributed by atoms with Crippen molar-refractivity contribution in [1.29, 1.82) is 0 Å². The molecule has 0 fully saturated rings. The van der Waals surface area contributed by atoms with Crippen molar-refractivity contribution < 1.29 is 8.78 Å². The lowest BCUT2D eigenvalue weighted by Crippen LogP contribution is -2.05. The first-order valence-electron chi connectivity index (χ1n) is 7.45. The molecule has 0 atom stereocenters. The molecule has 0 saturated carbocycles. The van der Waals surface area contributed by atoms with Gasteiger partial charge in [-0.15, -0.1) is 0 Å². The highest BCUT2D eigenvalue weighted by Gasteiger charge is 2.04. The van der Waals surface area contributed by atoms with E-state index in [-0.39, 0.29) is 11.6 Å². The van der Waals surface area contributed by atoms with Crippen molar-refractivity contribution in [3.63, 3.8) is 0 Å². The lowest BCUT2D eigenvalue weighted by Gasteiger charge is -2.10. The van der Waals surface area contributed by atoms with Crippen LogP contribution in [0.15, 0.2) is 54.6 Å². The normalized spacial score (nSPS) is 10.5. The second kappa shape index (κ2) is 7.04. The van der Waals surface area contributed by atoms with Crippen LogP contribution in [-0.4, -0.2) is 9.97 Å². The van der Waals surface area contributed by atoms with Crippen LogP contribution < -0.4 is 10.6 Å². The molecule has 4 nitrogen and oxygen atoms in total. The number of aromatic nitrogens is 2. The van der Waals surface area contributed by atoms with E-state index in [9.17, 15) is 8.78 Å². The van der Waals surface area contributed by atoms with Gasteiger partial charge in [-0.05, 0) is 48.9 Å². The summed E-state index contributed by atoms with van der Waals surface area (Å²) in [6, 6.07) is 14.1. The van der Waals surface area contributed by atoms with Gasteiger partial charge < -0.3 is 10.6 Å². The second-order valence-corrected chi connectivity index (χ2v) is 5.33. The summed E-state index contributed by atoms with van der Waals surface area (Å²) in [7, 11) is 0. The number of hydrogen-bond acceptors (Lipinski definition) is 4. The van der Waals surface area contributed by atoms with Gasteiger partial charge in [0, 0.05) is 24.0 Å². The molecule has 6 heteroatoms. The predicted octanol–water partition coefficient (Wildman–Crippen LogP) is 4.42. The average molecular weight is 326 g/mol. The number of hydrogen-bond donors (Lipinski definition) is 2. The van der Waals surface area contributed by atoms with Crippen LogP contribution in [0.5, 0.6) is 0 Å². The third kappa shape index (κ3) is 4.25. The largest absolute Gasteiger partial charge is 0.366 e. The van der Waals surface area contributed by atoms with Crippen molar-refractivity contribution in [2.75, 3.05) is 10.6 Å². The van der Waals surface area contributed by atoms with E-state index < -0.39 is 0 Å². The summed E-state index contributed by atoms with van der Waals surface area (Å²) >= 11 is 0. The Balaban J connectivity index is 1.71. The summed E-state index contributed by atoms with van der Waals surface area (Å²) in [5, 5.41) is 6.22. The van der Waals surface area contributed by atoms with Crippen LogP contribution in [0.25, 0.3) is 0 Å². The molecule has 2 N–H and O–H groups in total.